The van der Waals surface area contributed by atoms with E-state index in [9.17, 15) is 37.9 Å². The molecule has 0 amide bonds. The molecule has 4 N–H and O–H groups in total. The Morgan fingerprint density at radius 2 is 1.20 bits per heavy atom. The largest absolute Gasteiger partial charge is 0.462 e. The Kier molecular flexibility index (Phi) is 28.8. The van der Waals surface area contributed by atoms with Crippen LogP contribution in [0.25, 0.3) is 0 Å². The number of ether oxygens (including phenoxy) is 4. The van der Waals surface area contributed by atoms with Gasteiger partial charge in [-0.3, -0.25) is 14.1 Å². The maximum Gasteiger partial charge on any atom is 0.306 e. The molecule has 6 unspecified atom stereocenters. The minimum absolute atomic E-state index is 0.0390. The van der Waals surface area contributed by atoms with Crippen LogP contribution in [0, 0.1) is 0 Å². The van der Waals surface area contributed by atoms with Gasteiger partial charge in [-0.15, -0.1) is 0 Å². The Morgan fingerprint density at radius 3 is 1.81 bits per heavy atom. The molecule has 1 aliphatic heterocycles. The molecule has 54 heavy (non-hydrogen) atoms. The molecule has 0 aliphatic carbocycles. The quantitative estimate of drug-likeness (QED) is 0.0245. The Labute approximate surface area is 324 Å². The molecule has 12 nitrogen and oxygen atoms in total. The number of carbonyl (C=O) groups is 2. The van der Waals surface area contributed by atoms with Crippen molar-refractivity contribution >= 4 is 22.1 Å². The summed E-state index contributed by atoms with van der Waals surface area (Å²) in [5.74, 6) is -2.11. The van der Waals surface area contributed by atoms with E-state index in [4.69, 9.17) is 18.9 Å². The summed E-state index contributed by atoms with van der Waals surface area (Å²) in [5, 5.41) is 30.7. The van der Waals surface area contributed by atoms with E-state index in [2.05, 4.69) is 56.4 Å². The van der Waals surface area contributed by atoms with Crippen molar-refractivity contribution < 1.29 is 56.8 Å². The molecule has 310 valence electrons. The average Bonchev–Trinajstić information content (AvgIpc) is 3.13. The topological polar surface area (TPSA) is 186 Å². The molecule has 1 saturated heterocycles. The van der Waals surface area contributed by atoms with Crippen LogP contribution in [-0.2, 0) is 38.7 Å². The van der Waals surface area contributed by atoms with Crippen molar-refractivity contribution in [1.29, 1.82) is 0 Å². The van der Waals surface area contributed by atoms with Crippen LogP contribution in [0.4, 0.5) is 0 Å². The zero-order valence-corrected chi connectivity index (χ0v) is 33.4. The third-order valence-electron chi connectivity index (χ3n) is 8.59. The van der Waals surface area contributed by atoms with Crippen molar-refractivity contribution in [3.8, 4) is 0 Å². The van der Waals surface area contributed by atoms with Gasteiger partial charge in [0.2, 0.25) is 0 Å². The molecule has 0 aromatic rings. The summed E-state index contributed by atoms with van der Waals surface area (Å²) in [6, 6.07) is 0. The number of hydrogen-bond donors (Lipinski definition) is 4. The summed E-state index contributed by atoms with van der Waals surface area (Å²) in [6.07, 6.45) is 27.3. The molecule has 0 spiro atoms. The van der Waals surface area contributed by atoms with Gasteiger partial charge >= 0.3 is 11.9 Å². The molecular weight excluding hydrogens is 717 g/mol. The maximum absolute atomic E-state index is 12.7. The van der Waals surface area contributed by atoms with E-state index < -0.39 is 71.2 Å². The predicted molar refractivity (Wildman–Crippen MR) is 210 cm³/mol. The van der Waals surface area contributed by atoms with Crippen LogP contribution in [-0.4, -0.2) is 96.0 Å². The van der Waals surface area contributed by atoms with Crippen LogP contribution >= 0.6 is 0 Å². The van der Waals surface area contributed by atoms with Gasteiger partial charge < -0.3 is 34.3 Å². The second-order valence-corrected chi connectivity index (χ2v) is 15.1. The fourth-order valence-corrected chi connectivity index (χ4v) is 6.20. The third kappa shape index (κ3) is 26.2. The lowest BCUT2D eigenvalue weighted by molar-refractivity contribution is -0.297. The number of allylic oxidation sites excluding steroid dienone is 10. The van der Waals surface area contributed by atoms with E-state index in [1.807, 2.05) is 18.2 Å². The Bertz CT molecular complexity index is 1240. The standard InChI is InChI=1S/C41H68O12S/c1-3-5-7-9-11-13-15-17-19-21-23-25-27-29-36(42)50-31-34(32-51-41-40(46)39(45)38(44)35(53-41)33-54(47,48)49)52-37(43)30-28-26-24-22-20-18-16-14-12-10-8-6-4-2/h6,8,12-15,18,20,24,26,34-35,38-41,44-46H,3-5,7,9-11,16-17,19,21-23,25,27-33H2,1-2H3,(H,47,48,49)/b8-6-,14-12-,15-13-,20-18-,26-24-. The van der Waals surface area contributed by atoms with Gasteiger partial charge in [0.25, 0.3) is 10.1 Å². The van der Waals surface area contributed by atoms with Crippen LogP contribution in [0.2, 0.25) is 0 Å². The number of rotatable bonds is 31. The summed E-state index contributed by atoms with van der Waals surface area (Å²) in [7, 11) is -4.61. The lowest BCUT2D eigenvalue weighted by atomic mass is 10.00. The van der Waals surface area contributed by atoms with Gasteiger partial charge in [0, 0.05) is 12.8 Å². The van der Waals surface area contributed by atoms with Crippen molar-refractivity contribution in [3.05, 3.63) is 60.8 Å². The molecule has 1 rings (SSSR count). The highest BCUT2D eigenvalue weighted by Gasteiger charge is 2.46. The molecule has 0 aromatic carbocycles. The molecule has 0 radical (unpaired) electrons. The zero-order valence-electron chi connectivity index (χ0n) is 32.5. The fraction of sp³-hybridized carbons (Fsp3) is 0.707. The highest BCUT2D eigenvalue weighted by atomic mass is 32.2. The van der Waals surface area contributed by atoms with E-state index in [0.717, 1.165) is 57.8 Å². The molecular formula is C41H68O12S. The van der Waals surface area contributed by atoms with Crippen molar-refractivity contribution in [1.82, 2.24) is 0 Å². The predicted octanol–water partition coefficient (Wildman–Crippen LogP) is 7.00. The summed E-state index contributed by atoms with van der Waals surface area (Å²) in [4.78, 5) is 25.2. The Balaban J connectivity index is 2.58. The third-order valence-corrected chi connectivity index (χ3v) is 9.34. The van der Waals surface area contributed by atoms with E-state index in [1.54, 1.807) is 0 Å². The number of unbranched alkanes of at least 4 members (excludes halogenated alkanes) is 9. The summed E-state index contributed by atoms with van der Waals surface area (Å²) in [5.41, 5.74) is 0. The van der Waals surface area contributed by atoms with Gasteiger partial charge in [-0.25, -0.2) is 0 Å². The normalized spacial score (nSPS) is 21.6. The van der Waals surface area contributed by atoms with E-state index in [-0.39, 0.29) is 19.4 Å². The van der Waals surface area contributed by atoms with Crippen molar-refractivity contribution in [2.75, 3.05) is 19.0 Å². The number of hydrogen-bond acceptors (Lipinski definition) is 11. The summed E-state index contributed by atoms with van der Waals surface area (Å²) >= 11 is 0. The Hall–Kier alpha value is -2.65. The lowest BCUT2D eigenvalue weighted by Crippen LogP contribution is -2.60. The first kappa shape index (κ1) is 49.4. The first-order valence-corrected chi connectivity index (χ1v) is 21.5. The smallest absolute Gasteiger partial charge is 0.306 e. The molecule has 1 aliphatic rings. The summed E-state index contributed by atoms with van der Waals surface area (Å²) in [6.45, 7) is 3.52. The maximum atomic E-state index is 12.7. The number of aliphatic hydroxyl groups excluding tert-OH is 3. The average molecular weight is 785 g/mol. The number of aliphatic hydroxyl groups is 3. The monoisotopic (exact) mass is 784 g/mol. The van der Waals surface area contributed by atoms with E-state index in [1.165, 1.54) is 25.7 Å². The van der Waals surface area contributed by atoms with Crippen LogP contribution in [0.5, 0.6) is 0 Å². The van der Waals surface area contributed by atoms with Crippen molar-refractivity contribution in [2.45, 2.75) is 166 Å². The van der Waals surface area contributed by atoms with Gasteiger partial charge in [0.1, 0.15) is 36.8 Å². The minimum atomic E-state index is -4.61. The van der Waals surface area contributed by atoms with Gasteiger partial charge in [-0.1, -0.05) is 113 Å². The van der Waals surface area contributed by atoms with Gasteiger partial charge in [0.15, 0.2) is 12.4 Å². The van der Waals surface area contributed by atoms with Gasteiger partial charge in [-0.05, 0) is 64.2 Å². The van der Waals surface area contributed by atoms with Gasteiger partial charge in [-0.2, -0.15) is 8.42 Å². The van der Waals surface area contributed by atoms with Crippen molar-refractivity contribution in [3.63, 3.8) is 0 Å². The van der Waals surface area contributed by atoms with Crippen LogP contribution in [0.1, 0.15) is 129 Å². The van der Waals surface area contributed by atoms with Gasteiger partial charge in [0.05, 0.1) is 6.61 Å². The molecule has 1 heterocycles. The van der Waals surface area contributed by atoms with Crippen LogP contribution in [0.15, 0.2) is 60.8 Å². The van der Waals surface area contributed by atoms with Crippen LogP contribution < -0.4 is 0 Å². The molecule has 0 bridgehead atoms. The fourth-order valence-electron chi connectivity index (χ4n) is 5.51. The Morgan fingerprint density at radius 1 is 0.648 bits per heavy atom. The highest BCUT2D eigenvalue weighted by Crippen LogP contribution is 2.23. The second-order valence-electron chi connectivity index (χ2n) is 13.6. The second kappa shape index (κ2) is 31.5. The molecule has 1 fully saturated rings. The molecule has 6 atom stereocenters. The number of esters is 2. The first-order chi connectivity index (χ1) is 26.0. The SMILES string of the molecule is CC/C=C\C/C=C\C/C=C\C/C=C\CCC(=O)OC(COC(=O)CCCCCCC/C=C\CCCCCC)COC1OC(CS(=O)(=O)O)C(O)C(O)C1O. The first-order valence-electron chi connectivity index (χ1n) is 19.8. The van der Waals surface area contributed by atoms with E-state index >= 15 is 0 Å². The zero-order chi connectivity index (χ0) is 39.9. The lowest BCUT2D eigenvalue weighted by Gasteiger charge is -2.40. The molecule has 0 aromatic heterocycles. The van der Waals surface area contributed by atoms with Crippen LogP contribution in [0.3, 0.4) is 0 Å². The van der Waals surface area contributed by atoms with E-state index in [0.29, 0.717) is 19.3 Å². The molecule has 13 heteroatoms. The summed E-state index contributed by atoms with van der Waals surface area (Å²) < 4.78 is 53.7. The highest BCUT2D eigenvalue weighted by molar-refractivity contribution is 7.85. The number of carbonyl (C=O) groups excluding carboxylic acids is 2. The minimum Gasteiger partial charge on any atom is -0.462 e. The van der Waals surface area contributed by atoms with Crippen molar-refractivity contribution in [2.24, 2.45) is 0 Å². The molecule has 0 saturated carbocycles.